The fraction of sp³-hybridized carbons (Fsp3) is 0.875. The Kier molecular flexibility index (Phi) is 5.80. The van der Waals surface area contributed by atoms with E-state index in [0.717, 1.165) is 5.96 Å². The van der Waals surface area contributed by atoms with Crippen molar-refractivity contribution in [2.24, 2.45) is 4.99 Å². The van der Waals surface area contributed by atoms with E-state index < -0.39 is 8.80 Å². The molecule has 0 saturated carbocycles. The smallest absolute Gasteiger partial charge is 0.390 e. The van der Waals surface area contributed by atoms with Gasteiger partial charge in [0.1, 0.15) is 0 Å². The van der Waals surface area contributed by atoms with Crippen LogP contribution in [0.2, 0.25) is 6.04 Å². The number of aliphatic imine (C=N–C) groups is 1. The van der Waals surface area contributed by atoms with E-state index in [1.807, 2.05) is 38.0 Å². The molecule has 0 aliphatic carbocycles. The van der Waals surface area contributed by atoms with E-state index in [0.29, 0.717) is 13.0 Å². The molecule has 0 aliphatic rings. The molecule has 0 rings (SSSR count). The van der Waals surface area contributed by atoms with Gasteiger partial charge in [-0.25, -0.2) is 0 Å². The van der Waals surface area contributed by atoms with E-state index >= 15 is 0 Å². The molecule has 0 radical (unpaired) electrons. The molecule has 7 heteroatoms. The fourth-order valence-electron chi connectivity index (χ4n) is 1.18. The lowest BCUT2D eigenvalue weighted by Crippen LogP contribution is -2.36. The first-order chi connectivity index (χ1) is 6.74. The molecule has 0 aromatic carbocycles. The molecule has 3 N–H and O–H groups in total. The van der Waals surface area contributed by atoms with Crippen molar-refractivity contribution < 1.29 is 14.4 Å². The van der Waals surface area contributed by atoms with Gasteiger partial charge >= 0.3 is 8.80 Å². The molecular formula is C8H21N3O3Si. The molecule has 0 fully saturated rings. The molecule has 90 valence electrons. The van der Waals surface area contributed by atoms with Crippen LogP contribution in [0, 0.1) is 0 Å². The summed E-state index contributed by atoms with van der Waals surface area (Å²) in [6, 6.07) is 0.0324. The van der Waals surface area contributed by atoms with Crippen LogP contribution in [0.5, 0.6) is 0 Å². The Morgan fingerprint density at radius 3 is 1.87 bits per heavy atom. The third-order valence-electron chi connectivity index (χ3n) is 1.72. The third kappa shape index (κ3) is 7.31. The average Bonchev–Trinajstić information content (AvgIpc) is 2.00. The number of nitrogens with zero attached hydrogens (tertiary/aromatic N) is 3. The van der Waals surface area contributed by atoms with Crippen LogP contribution in [-0.4, -0.2) is 73.7 Å². The first-order valence-electron chi connectivity index (χ1n) is 4.80. The van der Waals surface area contributed by atoms with Gasteiger partial charge in [0.2, 0.25) is 0 Å². The molecule has 0 aromatic rings. The van der Waals surface area contributed by atoms with Gasteiger partial charge < -0.3 is 24.2 Å². The summed E-state index contributed by atoms with van der Waals surface area (Å²) in [6.45, 7) is 0.474. The second kappa shape index (κ2) is 6.06. The summed E-state index contributed by atoms with van der Waals surface area (Å²) >= 11 is 0. The van der Waals surface area contributed by atoms with Crippen molar-refractivity contribution >= 4 is 14.8 Å². The standard InChI is InChI=1S/C8H21N3O3Si/c1-10(2)8(11(3)4)9-6-5-7-15(12,13)14/h12-14H,5-7H2,1-4H3. The topological polar surface area (TPSA) is 79.5 Å². The van der Waals surface area contributed by atoms with Crippen molar-refractivity contribution in [2.45, 2.75) is 12.5 Å². The highest BCUT2D eigenvalue weighted by Crippen LogP contribution is 2.01. The summed E-state index contributed by atoms with van der Waals surface area (Å²) in [5.41, 5.74) is 0. The van der Waals surface area contributed by atoms with Crippen LogP contribution in [-0.2, 0) is 0 Å². The lowest BCUT2D eigenvalue weighted by atomic mass is 10.5. The van der Waals surface area contributed by atoms with E-state index in [2.05, 4.69) is 4.99 Å². The molecule has 0 aliphatic heterocycles. The van der Waals surface area contributed by atoms with Gasteiger partial charge in [-0.15, -0.1) is 0 Å². The largest absolute Gasteiger partial charge is 0.492 e. The predicted octanol–water partition coefficient (Wildman–Crippen LogP) is -1.23. The summed E-state index contributed by atoms with van der Waals surface area (Å²) in [5, 5.41) is 0. The molecule has 0 spiro atoms. The monoisotopic (exact) mass is 235 g/mol. The van der Waals surface area contributed by atoms with E-state index in [4.69, 9.17) is 14.4 Å². The normalized spacial score (nSPS) is 11.1. The quantitative estimate of drug-likeness (QED) is 0.246. The summed E-state index contributed by atoms with van der Waals surface area (Å²) in [7, 11) is 3.68. The highest BCUT2D eigenvalue weighted by atomic mass is 28.4. The zero-order valence-corrected chi connectivity index (χ0v) is 10.8. The third-order valence-corrected chi connectivity index (χ3v) is 2.75. The second-order valence-electron chi connectivity index (χ2n) is 3.85. The Hall–Kier alpha value is -0.633. The highest BCUT2D eigenvalue weighted by molar-refractivity contribution is 6.56. The SMILES string of the molecule is CN(C)C(=NCCC[Si](O)(O)O)N(C)C. The van der Waals surface area contributed by atoms with Gasteiger partial charge in [-0.05, 0) is 6.42 Å². The maximum Gasteiger partial charge on any atom is 0.492 e. The highest BCUT2D eigenvalue weighted by Gasteiger charge is 2.25. The van der Waals surface area contributed by atoms with Gasteiger partial charge in [-0.2, -0.15) is 0 Å². The Balaban J connectivity index is 4.02. The minimum atomic E-state index is -3.88. The maximum atomic E-state index is 8.78. The Bertz CT molecular complexity index is 204. The zero-order chi connectivity index (χ0) is 12.1. The maximum absolute atomic E-state index is 8.78. The molecule has 15 heavy (non-hydrogen) atoms. The van der Waals surface area contributed by atoms with Crippen molar-refractivity contribution in [3.63, 3.8) is 0 Å². The van der Waals surface area contributed by atoms with Gasteiger partial charge in [0, 0.05) is 40.8 Å². The molecule has 0 atom stereocenters. The van der Waals surface area contributed by atoms with Gasteiger partial charge in [0.15, 0.2) is 5.96 Å². The summed E-state index contributed by atoms with van der Waals surface area (Å²) in [6.07, 6.45) is 0.473. The van der Waals surface area contributed by atoms with Gasteiger partial charge in [0.05, 0.1) is 0 Å². The first kappa shape index (κ1) is 14.4. The number of rotatable bonds is 4. The lowest BCUT2D eigenvalue weighted by molar-refractivity contribution is 0.227. The zero-order valence-electron chi connectivity index (χ0n) is 9.80. The summed E-state index contributed by atoms with van der Waals surface area (Å²) in [4.78, 5) is 34.4. The molecule has 0 saturated heterocycles. The van der Waals surface area contributed by atoms with Gasteiger partial charge in [0.25, 0.3) is 0 Å². The van der Waals surface area contributed by atoms with E-state index in [-0.39, 0.29) is 6.04 Å². The Morgan fingerprint density at radius 1 is 1.07 bits per heavy atom. The number of guanidine groups is 1. The minimum absolute atomic E-state index is 0.0324. The van der Waals surface area contributed by atoms with Crippen LogP contribution >= 0.6 is 0 Å². The second-order valence-corrected chi connectivity index (χ2v) is 5.90. The van der Waals surface area contributed by atoms with Crippen LogP contribution in [0.1, 0.15) is 6.42 Å². The number of hydrogen-bond donors (Lipinski definition) is 3. The van der Waals surface area contributed by atoms with Crippen molar-refractivity contribution in [2.75, 3.05) is 34.7 Å². The Labute approximate surface area is 91.8 Å². The minimum Gasteiger partial charge on any atom is -0.390 e. The van der Waals surface area contributed by atoms with E-state index in [1.165, 1.54) is 0 Å². The molecule has 6 nitrogen and oxygen atoms in total. The van der Waals surface area contributed by atoms with E-state index in [1.54, 1.807) is 0 Å². The van der Waals surface area contributed by atoms with Gasteiger partial charge in [-0.1, -0.05) is 0 Å². The van der Waals surface area contributed by atoms with Crippen LogP contribution in [0.15, 0.2) is 4.99 Å². The molecular weight excluding hydrogens is 214 g/mol. The van der Waals surface area contributed by atoms with E-state index in [9.17, 15) is 0 Å². The molecule has 0 amide bonds. The average molecular weight is 235 g/mol. The van der Waals surface area contributed by atoms with Crippen LogP contribution in [0.25, 0.3) is 0 Å². The Morgan fingerprint density at radius 2 is 1.53 bits per heavy atom. The van der Waals surface area contributed by atoms with Crippen molar-refractivity contribution in [3.8, 4) is 0 Å². The van der Waals surface area contributed by atoms with Crippen LogP contribution < -0.4 is 0 Å². The van der Waals surface area contributed by atoms with Crippen molar-refractivity contribution in [1.82, 2.24) is 9.80 Å². The first-order valence-corrected chi connectivity index (χ1v) is 6.85. The molecule has 0 unspecified atom stereocenters. The van der Waals surface area contributed by atoms with Crippen molar-refractivity contribution in [3.05, 3.63) is 0 Å². The fourth-order valence-corrected chi connectivity index (χ4v) is 1.81. The van der Waals surface area contributed by atoms with Crippen LogP contribution in [0.3, 0.4) is 0 Å². The molecule has 0 aromatic heterocycles. The number of hydrogen-bond acceptors (Lipinski definition) is 4. The van der Waals surface area contributed by atoms with Gasteiger partial charge in [-0.3, -0.25) is 4.99 Å². The summed E-state index contributed by atoms with van der Waals surface area (Å²) in [5.74, 6) is 0.816. The molecule has 0 heterocycles. The molecule has 0 bridgehead atoms. The van der Waals surface area contributed by atoms with Crippen molar-refractivity contribution in [1.29, 1.82) is 0 Å². The predicted molar refractivity (Wildman–Crippen MR) is 61.5 cm³/mol. The van der Waals surface area contributed by atoms with Crippen LogP contribution in [0.4, 0.5) is 0 Å². The lowest BCUT2D eigenvalue weighted by Gasteiger charge is -2.22. The summed E-state index contributed by atoms with van der Waals surface area (Å²) < 4.78 is 0.